The van der Waals surface area contributed by atoms with Crippen LogP contribution in [0, 0.1) is 23.2 Å². The average molecular weight is 319 g/mol. The molecule has 0 aromatic rings. The first-order valence-corrected chi connectivity index (χ1v) is 8.65. The lowest BCUT2D eigenvalue weighted by Gasteiger charge is -2.34. The van der Waals surface area contributed by atoms with Gasteiger partial charge in [0.25, 0.3) is 5.91 Å². The summed E-state index contributed by atoms with van der Waals surface area (Å²) in [6.07, 6.45) is 2.95. The zero-order valence-electron chi connectivity index (χ0n) is 14.3. The van der Waals surface area contributed by atoms with E-state index in [0.29, 0.717) is 18.4 Å². The van der Waals surface area contributed by atoms with Gasteiger partial charge in [0.1, 0.15) is 11.6 Å². The predicted molar refractivity (Wildman–Crippen MR) is 90.5 cm³/mol. The maximum Gasteiger partial charge on any atom is 0.263 e. The number of nitrogens with zero attached hydrogens (tertiary/aromatic N) is 3. The molecule has 0 aromatic carbocycles. The molecule has 23 heavy (non-hydrogen) atoms. The number of hydrogen-bond donors (Lipinski definition) is 2. The quantitative estimate of drug-likeness (QED) is 0.567. The molecule has 2 N–H and O–H groups in total. The molecule has 2 atom stereocenters. The number of amides is 1. The van der Waals surface area contributed by atoms with E-state index in [1.165, 1.54) is 6.42 Å². The molecule has 2 unspecified atom stereocenters. The predicted octanol–water partition coefficient (Wildman–Crippen LogP) is 0.393. The molecule has 0 radical (unpaired) electrons. The Balaban J connectivity index is 1.80. The molecule has 2 fully saturated rings. The molecule has 2 saturated heterocycles. The van der Waals surface area contributed by atoms with Crippen molar-refractivity contribution < 1.29 is 4.79 Å². The average Bonchev–Trinajstić information content (AvgIpc) is 2.52. The van der Waals surface area contributed by atoms with Crippen LogP contribution in [-0.2, 0) is 4.79 Å². The third-order valence-electron chi connectivity index (χ3n) is 4.50. The summed E-state index contributed by atoms with van der Waals surface area (Å²) >= 11 is 0. The normalized spacial score (nSPS) is 26.7. The number of carbonyl (C=O) groups excluding carboxylic acids is 1. The second kappa shape index (κ2) is 8.90. The van der Waals surface area contributed by atoms with E-state index in [4.69, 9.17) is 0 Å². The lowest BCUT2D eigenvalue weighted by molar-refractivity contribution is -0.117. The van der Waals surface area contributed by atoms with Crippen LogP contribution < -0.4 is 10.6 Å². The van der Waals surface area contributed by atoms with Crippen molar-refractivity contribution in [3.8, 4) is 6.07 Å². The monoisotopic (exact) mass is 319 g/mol. The van der Waals surface area contributed by atoms with Crippen molar-refractivity contribution in [3.63, 3.8) is 0 Å². The molecule has 6 nitrogen and oxygen atoms in total. The summed E-state index contributed by atoms with van der Waals surface area (Å²) in [4.78, 5) is 16.6. The van der Waals surface area contributed by atoms with Gasteiger partial charge in [-0.3, -0.25) is 9.69 Å². The highest BCUT2D eigenvalue weighted by Crippen LogP contribution is 2.21. The van der Waals surface area contributed by atoms with Crippen LogP contribution in [0.15, 0.2) is 11.8 Å². The van der Waals surface area contributed by atoms with E-state index in [9.17, 15) is 10.1 Å². The summed E-state index contributed by atoms with van der Waals surface area (Å²) < 4.78 is 0. The first kappa shape index (κ1) is 17.8. The number of hydrogen-bond acceptors (Lipinski definition) is 5. The van der Waals surface area contributed by atoms with Crippen LogP contribution in [-0.4, -0.2) is 68.1 Å². The molecule has 0 spiro atoms. The Morgan fingerprint density at radius 1 is 1.30 bits per heavy atom. The van der Waals surface area contributed by atoms with Gasteiger partial charge in [0.15, 0.2) is 0 Å². The van der Waals surface area contributed by atoms with Crippen LogP contribution in [0.5, 0.6) is 0 Å². The van der Waals surface area contributed by atoms with Crippen molar-refractivity contribution in [1.82, 2.24) is 20.4 Å². The Morgan fingerprint density at radius 3 is 2.57 bits per heavy atom. The number of piperidine rings is 1. The van der Waals surface area contributed by atoms with Crippen LogP contribution >= 0.6 is 0 Å². The molecule has 0 bridgehead atoms. The van der Waals surface area contributed by atoms with Gasteiger partial charge in [-0.1, -0.05) is 13.8 Å². The minimum Gasteiger partial charge on any atom is -0.376 e. The van der Waals surface area contributed by atoms with Crippen LogP contribution in [0.3, 0.4) is 0 Å². The van der Waals surface area contributed by atoms with Gasteiger partial charge in [-0.15, -0.1) is 0 Å². The van der Waals surface area contributed by atoms with Crippen molar-refractivity contribution >= 4 is 5.91 Å². The second-order valence-electron chi connectivity index (χ2n) is 6.90. The van der Waals surface area contributed by atoms with E-state index in [-0.39, 0.29) is 11.5 Å². The fourth-order valence-electron chi connectivity index (χ4n) is 3.49. The SMILES string of the molecule is CC1CC(C)CN(/C=C(/C#N)C(=O)NCCN2CCNCC2)C1. The largest absolute Gasteiger partial charge is 0.376 e. The fourth-order valence-corrected chi connectivity index (χ4v) is 3.49. The summed E-state index contributed by atoms with van der Waals surface area (Å²) in [7, 11) is 0. The van der Waals surface area contributed by atoms with Crippen molar-refractivity contribution in [2.75, 3.05) is 52.4 Å². The number of carbonyl (C=O) groups is 1. The topological polar surface area (TPSA) is 71.4 Å². The Labute approximate surface area is 139 Å². The van der Waals surface area contributed by atoms with Gasteiger partial charge in [0.05, 0.1) is 0 Å². The van der Waals surface area contributed by atoms with Gasteiger partial charge in [-0.2, -0.15) is 5.26 Å². The Bertz CT molecular complexity index is 454. The zero-order chi connectivity index (χ0) is 16.7. The lowest BCUT2D eigenvalue weighted by atomic mass is 9.92. The standard InChI is InChI=1S/C17H29N5O/c1-14-9-15(2)12-22(11-14)13-16(10-18)17(23)20-5-8-21-6-3-19-4-7-21/h13-15,19H,3-9,11-12H2,1-2H3,(H,20,23)/b16-13-. The van der Waals surface area contributed by atoms with Gasteiger partial charge in [-0.25, -0.2) is 0 Å². The van der Waals surface area contributed by atoms with E-state index in [1.807, 2.05) is 0 Å². The van der Waals surface area contributed by atoms with Gasteiger partial charge in [-0.05, 0) is 18.3 Å². The Hall–Kier alpha value is -1.58. The molecular formula is C17H29N5O. The van der Waals surface area contributed by atoms with E-state index in [1.54, 1.807) is 6.20 Å². The number of likely N-dealkylation sites (tertiary alicyclic amines) is 1. The highest BCUT2D eigenvalue weighted by Gasteiger charge is 2.21. The van der Waals surface area contributed by atoms with E-state index in [0.717, 1.165) is 45.8 Å². The Morgan fingerprint density at radius 2 is 1.96 bits per heavy atom. The van der Waals surface area contributed by atoms with Gasteiger partial charge >= 0.3 is 0 Å². The van der Waals surface area contributed by atoms with Crippen molar-refractivity contribution in [2.45, 2.75) is 20.3 Å². The summed E-state index contributed by atoms with van der Waals surface area (Å²) in [5.41, 5.74) is 0.214. The molecule has 2 aliphatic heterocycles. The maximum atomic E-state index is 12.2. The van der Waals surface area contributed by atoms with Gasteiger partial charge in [0.2, 0.25) is 0 Å². The van der Waals surface area contributed by atoms with Crippen molar-refractivity contribution in [2.24, 2.45) is 11.8 Å². The third kappa shape index (κ3) is 5.85. The fraction of sp³-hybridized carbons (Fsp3) is 0.765. The molecule has 2 aliphatic rings. The number of nitrogens with one attached hydrogen (secondary N) is 2. The molecule has 6 heteroatoms. The smallest absolute Gasteiger partial charge is 0.263 e. The molecule has 2 heterocycles. The number of rotatable bonds is 5. The van der Waals surface area contributed by atoms with E-state index in [2.05, 4.69) is 40.4 Å². The summed E-state index contributed by atoms with van der Waals surface area (Å²) in [6.45, 7) is 11.7. The van der Waals surface area contributed by atoms with E-state index >= 15 is 0 Å². The maximum absolute atomic E-state index is 12.2. The molecule has 0 aromatic heterocycles. The highest BCUT2D eigenvalue weighted by atomic mass is 16.1. The van der Waals surface area contributed by atoms with Crippen molar-refractivity contribution in [3.05, 3.63) is 11.8 Å². The van der Waals surface area contributed by atoms with Crippen LogP contribution in [0.25, 0.3) is 0 Å². The van der Waals surface area contributed by atoms with Gasteiger partial charge < -0.3 is 15.5 Å². The molecular weight excluding hydrogens is 290 g/mol. The Kier molecular flexibility index (Phi) is 6.87. The zero-order valence-corrected chi connectivity index (χ0v) is 14.3. The second-order valence-corrected chi connectivity index (χ2v) is 6.90. The minimum atomic E-state index is -0.256. The van der Waals surface area contributed by atoms with Crippen LogP contribution in [0.1, 0.15) is 20.3 Å². The van der Waals surface area contributed by atoms with Crippen molar-refractivity contribution in [1.29, 1.82) is 5.26 Å². The van der Waals surface area contributed by atoms with Crippen LogP contribution in [0.2, 0.25) is 0 Å². The molecule has 2 rings (SSSR count). The first-order valence-electron chi connectivity index (χ1n) is 8.65. The summed E-state index contributed by atoms with van der Waals surface area (Å²) in [5, 5.41) is 15.5. The highest BCUT2D eigenvalue weighted by molar-refractivity contribution is 5.97. The van der Waals surface area contributed by atoms with Crippen LogP contribution in [0.4, 0.5) is 0 Å². The molecule has 0 aliphatic carbocycles. The minimum absolute atomic E-state index is 0.214. The number of piperazine rings is 1. The summed E-state index contributed by atoms with van der Waals surface area (Å²) in [5.74, 6) is 0.949. The first-order chi connectivity index (χ1) is 11.1. The third-order valence-corrected chi connectivity index (χ3v) is 4.50. The van der Waals surface area contributed by atoms with E-state index < -0.39 is 0 Å². The van der Waals surface area contributed by atoms with Gasteiger partial charge in [0, 0.05) is 58.6 Å². The molecule has 128 valence electrons. The number of nitriles is 1. The molecule has 1 amide bonds. The lowest BCUT2D eigenvalue weighted by Crippen LogP contribution is -2.46. The summed E-state index contributed by atoms with van der Waals surface area (Å²) in [6, 6.07) is 2.05. The molecule has 0 saturated carbocycles.